The first-order chi connectivity index (χ1) is 10.2. The lowest BCUT2D eigenvalue weighted by atomic mass is 10.0. The molecule has 124 valence electrons. The molecular formula is C11H16ClF2N5O3. The van der Waals surface area contributed by atoms with Gasteiger partial charge < -0.3 is 26.9 Å². The second-order valence-corrected chi connectivity index (χ2v) is 4.31. The van der Waals surface area contributed by atoms with E-state index in [1.807, 2.05) is 0 Å². The van der Waals surface area contributed by atoms with Gasteiger partial charge in [-0.25, -0.2) is 8.78 Å². The number of nitrogens with one attached hydrogen (secondary N) is 2. The van der Waals surface area contributed by atoms with Gasteiger partial charge in [-0.2, -0.15) is 0 Å². The van der Waals surface area contributed by atoms with Gasteiger partial charge in [0.05, 0.1) is 35.6 Å². The van der Waals surface area contributed by atoms with E-state index in [2.05, 4.69) is 5.32 Å². The summed E-state index contributed by atoms with van der Waals surface area (Å²) < 4.78 is 30.1. The van der Waals surface area contributed by atoms with Crippen molar-refractivity contribution in [2.75, 3.05) is 7.11 Å². The van der Waals surface area contributed by atoms with Gasteiger partial charge in [0.1, 0.15) is 0 Å². The molecule has 8 nitrogen and oxygen atoms in total. The Bertz CT molecular complexity index is 504. The van der Waals surface area contributed by atoms with Crippen LogP contribution < -0.4 is 16.8 Å². The predicted molar refractivity (Wildman–Crippen MR) is 77.8 cm³/mol. The van der Waals surface area contributed by atoms with Crippen molar-refractivity contribution in [3.63, 3.8) is 0 Å². The number of hydrogen-bond donors (Lipinski definition) is 4. The second-order valence-electron chi connectivity index (χ2n) is 3.87. The number of ether oxygens (including phenoxy) is 1. The number of nitrogens with zero attached hydrogens (tertiary/aromatic N) is 1. The van der Waals surface area contributed by atoms with Crippen LogP contribution in [-0.4, -0.2) is 30.7 Å². The number of allylic oxidation sites excluding steroid dienone is 1. The molecule has 22 heavy (non-hydrogen) atoms. The van der Waals surface area contributed by atoms with Gasteiger partial charge in [0, 0.05) is 12.0 Å². The molecule has 1 atom stereocenters. The lowest BCUT2D eigenvalue weighted by Gasteiger charge is -2.20. The highest BCUT2D eigenvalue weighted by Crippen LogP contribution is 2.18. The number of methoxy groups -OCH3 is 1. The van der Waals surface area contributed by atoms with Crippen molar-refractivity contribution < 1.29 is 18.4 Å². The van der Waals surface area contributed by atoms with Crippen LogP contribution in [0.4, 0.5) is 8.78 Å². The van der Waals surface area contributed by atoms with Crippen molar-refractivity contribution in [1.29, 1.82) is 5.41 Å². The molecule has 0 spiro atoms. The summed E-state index contributed by atoms with van der Waals surface area (Å²) in [6.07, 6.45) is -1.11. The molecule has 0 amide bonds. The third kappa shape index (κ3) is 6.88. The van der Waals surface area contributed by atoms with E-state index in [1.165, 1.54) is 7.11 Å². The van der Waals surface area contributed by atoms with Gasteiger partial charge in [0.2, 0.25) is 6.43 Å². The minimum absolute atomic E-state index is 0.000714. The molecule has 0 rings (SSSR count). The quantitative estimate of drug-likeness (QED) is 0.124. The first-order valence-electron chi connectivity index (χ1n) is 5.78. The molecule has 0 aromatic rings. The van der Waals surface area contributed by atoms with Gasteiger partial charge in [0.15, 0.2) is 5.88 Å². The first kappa shape index (κ1) is 19.6. The summed E-state index contributed by atoms with van der Waals surface area (Å²) in [5.41, 5.74) is 10.2. The Kier molecular flexibility index (Phi) is 8.53. The number of hydrogen-bond acceptors (Lipinski definition) is 7. The van der Waals surface area contributed by atoms with E-state index < -0.39 is 29.5 Å². The fourth-order valence-corrected chi connectivity index (χ4v) is 1.52. The molecular weight excluding hydrogens is 324 g/mol. The van der Waals surface area contributed by atoms with E-state index in [-0.39, 0.29) is 16.6 Å². The maximum Gasteiger partial charge on any atom is 0.302 e. The molecule has 0 saturated heterocycles. The minimum Gasteiger partial charge on any atom is -0.482 e. The fraction of sp³-hybridized carbons (Fsp3) is 0.364. The van der Waals surface area contributed by atoms with E-state index >= 15 is 0 Å². The highest BCUT2D eigenvalue weighted by Gasteiger charge is 2.21. The van der Waals surface area contributed by atoms with Gasteiger partial charge in [-0.1, -0.05) is 11.6 Å². The van der Waals surface area contributed by atoms with Crippen molar-refractivity contribution in [1.82, 2.24) is 5.32 Å². The number of nitrogens with two attached hydrogens (primary N) is 2. The van der Waals surface area contributed by atoms with Crippen LogP contribution in [0.5, 0.6) is 0 Å². The predicted octanol–water partition coefficient (Wildman–Crippen LogP) is 1.22. The summed E-state index contributed by atoms with van der Waals surface area (Å²) in [5.74, 6) is -0.229. The average Bonchev–Trinajstić information content (AvgIpc) is 2.42. The number of rotatable bonds is 9. The van der Waals surface area contributed by atoms with Crippen LogP contribution in [0, 0.1) is 15.5 Å². The van der Waals surface area contributed by atoms with Gasteiger partial charge in [0.25, 0.3) is 0 Å². The highest BCUT2D eigenvalue weighted by molar-refractivity contribution is 6.29. The number of halogens is 3. The van der Waals surface area contributed by atoms with Crippen molar-refractivity contribution >= 4 is 17.8 Å². The third-order valence-electron chi connectivity index (χ3n) is 2.38. The summed E-state index contributed by atoms with van der Waals surface area (Å²) >= 11 is 5.51. The molecule has 0 saturated carbocycles. The monoisotopic (exact) mass is 339 g/mol. The lowest BCUT2D eigenvalue weighted by Crippen LogP contribution is -2.32. The fourth-order valence-electron chi connectivity index (χ4n) is 1.41. The third-order valence-corrected chi connectivity index (χ3v) is 2.49. The standard InChI is InChI=1S/C11H16ClF2N5O3/c1-22-11(17)7(2-9(12)16)8(3-10(13)14)18-5-6(4-15)19(20)21/h2,4-5,8,10,15,18H,3,16-17H2,1H3/b6-5+,9-2-,11-7-,15-4?. The highest BCUT2D eigenvalue weighted by atomic mass is 35.5. The number of nitro groups is 1. The van der Waals surface area contributed by atoms with E-state index in [1.54, 1.807) is 0 Å². The zero-order valence-corrected chi connectivity index (χ0v) is 12.3. The van der Waals surface area contributed by atoms with Crippen molar-refractivity contribution in [3.8, 4) is 0 Å². The normalized spacial score (nSPS) is 15.1. The molecule has 0 aliphatic rings. The summed E-state index contributed by atoms with van der Waals surface area (Å²) in [5, 5.41) is 19.6. The summed E-state index contributed by atoms with van der Waals surface area (Å²) in [4.78, 5) is 9.73. The average molecular weight is 340 g/mol. The maximum atomic E-state index is 12.7. The van der Waals surface area contributed by atoms with Gasteiger partial charge in [-0.15, -0.1) is 0 Å². The molecule has 1 unspecified atom stereocenters. The Morgan fingerprint density at radius 3 is 2.50 bits per heavy atom. The molecule has 0 aromatic heterocycles. The summed E-state index contributed by atoms with van der Waals surface area (Å²) in [7, 11) is 1.21. The molecule has 0 radical (unpaired) electrons. The molecule has 0 fully saturated rings. The van der Waals surface area contributed by atoms with Crippen LogP contribution in [0.2, 0.25) is 0 Å². The van der Waals surface area contributed by atoms with E-state index in [9.17, 15) is 18.9 Å². The minimum atomic E-state index is -2.74. The Morgan fingerprint density at radius 1 is 1.55 bits per heavy atom. The smallest absolute Gasteiger partial charge is 0.302 e. The van der Waals surface area contributed by atoms with Crippen LogP contribution in [0.3, 0.4) is 0 Å². The topological polar surface area (TPSA) is 140 Å². The van der Waals surface area contributed by atoms with Crippen LogP contribution in [-0.2, 0) is 4.74 Å². The van der Waals surface area contributed by atoms with Gasteiger partial charge >= 0.3 is 5.70 Å². The molecule has 0 heterocycles. The van der Waals surface area contributed by atoms with E-state index in [4.69, 9.17) is 33.2 Å². The second kappa shape index (κ2) is 9.55. The van der Waals surface area contributed by atoms with Gasteiger partial charge in [-0.05, 0) is 6.08 Å². The summed E-state index contributed by atoms with van der Waals surface area (Å²) in [6.45, 7) is 0. The Labute approximate surface area is 130 Å². The van der Waals surface area contributed by atoms with Crippen LogP contribution in [0.25, 0.3) is 0 Å². The van der Waals surface area contributed by atoms with E-state index in [0.717, 1.165) is 12.3 Å². The molecule has 0 aliphatic heterocycles. The Morgan fingerprint density at radius 2 is 2.14 bits per heavy atom. The zero-order chi connectivity index (χ0) is 17.3. The van der Waals surface area contributed by atoms with E-state index in [0.29, 0.717) is 6.21 Å². The SMILES string of the molecule is CO/C(N)=C(/C=C(\N)Cl)C(CC(F)F)N/C=C(\C=N)[N+](=O)[O-]. The van der Waals surface area contributed by atoms with Gasteiger partial charge in [-0.3, -0.25) is 10.1 Å². The molecule has 0 aromatic carbocycles. The lowest BCUT2D eigenvalue weighted by molar-refractivity contribution is -0.414. The largest absolute Gasteiger partial charge is 0.482 e. The van der Waals surface area contributed by atoms with Crippen LogP contribution in [0.15, 0.2) is 34.6 Å². The summed E-state index contributed by atoms with van der Waals surface area (Å²) in [6, 6.07) is -1.16. The Balaban J connectivity index is 5.63. The number of alkyl halides is 2. The van der Waals surface area contributed by atoms with Crippen molar-refractivity contribution in [3.05, 3.63) is 44.7 Å². The maximum absolute atomic E-state index is 12.7. The molecule has 0 bridgehead atoms. The van der Waals surface area contributed by atoms with Crippen LogP contribution in [0.1, 0.15) is 6.42 Å². The molecule has 11 heteroatoms. The van der Waals surface area contributed by atoms with Crippen molar-refractivity contribution in [2.45, 2.75) is 18.9 Å². The molecule has 0 aliphatic carbocycles. The zero-order valence-electron chi connectivity index (χ0n) is 11.6. The van der Waals surface area contributed by atoms with Crippen LogP contribution >= 0.6 is 11.6 Å². The molecule has 6 N–H and O–H groups in total. The first-order valence-corrected chi connectivity index (χ1v) is 6.16. The van der Waals surface area contributed by atoms with Crippen molar-refractivity contribution in [2.24, 2.45) is 11.5 Å². The Hall–Kier alpha value is -2.36.